The lowest BCUT2D eigenvalue weighted by Crippen LogP contribution is -2.48. The first kappa shape index (κ1) is 29.8. The standard InChI is InChI=1S/C36H20F6N2OS2/c1-17-28(23-10-5-19(16-45)14-26(23)46-17)30-31(35(39,40)36(41,42)34(30,37)38)29-18(2)47-27-15-22(8-11-24(27)29)25-12-9-21-7-6-20-4-3-13-43-32(20)33(21)44-25/h3-16H,1-2H3. The molecule has 7 aromatic rings. The molecule has 47 heavy (non-hydrogen) atoms. The second kappa shape index (κ2) is 9.95. The summed E-state index contributed by atoms with van der Waals surface area (Å²) in [7, 11) is 0. The summed E-state index contributed by atoms with van der Waals surface area (Å²) >= 11 is 2.04. The number of thiophene rings is 2. The summed E-state index contributed by atoms with van der Waals surface area (Å²) in [6.07, 6.45) is 2.24. The summed E-state index contributed by atoms with van der Waals surface area (Å²) in [5.41, 5.74) is -0.635. The Kier molecular flexibility index (Phi) is 6.30. The van der Waals surface area contributed by atoms with E-state index in [1.54, 1.807) is 18.3 Å². The van der Waals surface area contributed by atoms with Crippen LogP contribution in [0.2, 0.25) is 0 Å². The highest BCUT2D eigenvalue weighted by Gasteiger charge is 2.80. The molecule has 4 aromatic heterocycles. The van der Waals surface area contributed by atoms with Gasteiger partial charge in [-0.25, -0.2) is 4.98 Å². The number of carbonyl (C=O) groups is 1. The fraction of sp³-hybridized carbons (Fsp3) is 0.139. The molecule has 0 radical (unpaired) electrons. The third-order valence-electron chi connectivity index (χ3n) is 8.79. The summed E-state index contributed by atoms with van der Waals surface area (Å²) in [5, 5.41) is 2.04. The Bertz CT molecular complexity index is 2510. The highest BCUT2D eigenvalue weighted by molar-refractivity contribution is 7.19. The van der Waals surface area contributed by atoms with Crippen molar-refractivity contribution < 1.29 is 31.1 Å². The van der Waals surface area contributed by atoms with Gasteiger partial charge in [0.2, 0.25) is 0 Å². The van der Waals surface area contributed by atoms with E-state index >= 15 is 26.3 Å². The number of hydrogen-bond acceptors (Lipinski definition) is 5. The Labute approximate surface area is 270 Å². The summed E-state index contributed by atoms with van der Waals surface area (Å²) in [5.74, 6) is -16.1. The summed E-state index contributed by atoms with van der Waals surface area (Å²) in [6, 6.07) is 20.3. The first-order chi connectivity index (χ1) is 22.3. The van der Waals surface area contributed by atoms with Crippen LogP contribution in [0.5, 0.6) is 0 Å². The van der Waals surface area contributed by atoms with Crippen molar-refractivity contribution >= 4 is 82.1 Å². The largest absolute Gasteiger partial charge is 0.380 e. The van der Waals surface area contributed by atoms with Gasteiger partial charge in [-0.3, -0.25) is 9.78 Å². The molecule has 11 heteroatoms. The summed E-state index contributed by atoms with van der Waals surface area (Å²) in [4.78, 5) is 21.0. The predicted molar refractivity (Wildman–Crippen MR) is 176 cm³/mol. The van der Waals surface area contributed by atoms with Gasteiger partial charge >= 0.3 is 17.8 Å². The van der Waals surface area contributed by atoms with Crippen molar-refractivity contribution in [1.29, 1.82) is 0 Å². The first-order valence-corrected chi connectivity index (χ1v) is 16.0. The topological polar surface area (TPSA) is 42.9 Å². The van der Waals surface area contributed by atoms with Gasteiger partial charge in [0.15, 0.2) is 0 Å². The molecule has 0 saturated heterocycles. The maximum atomic E-state index is 15.9. The van der Waals surface area contributed by atoms with Crippen LogP contribution in [-0.4, -0.2) is 34.0 Å². The van der Waals surface area contributed by atoms with Crippen LogP contribution in [0.4, 0.5) is 26.3 Å². The number of halogens is 6. The summed E-state index contributed by atoms with van der Waals surface area (Å²) < 4.78 is 94.9. The average molecular weight is 675 g/mol. The van der Waals surface area contributed by atoms with Gasteiger partial charge in [0.25, 0.3) is 0 Å². The van der Waals surface area contributed by atoms with Crippen LogP contribution >= 0.6 is 22.7 Å². The van der Waals surface area contributed by atoms with Crippen LogP contribution in [0.25, 0.3) is 64.4 Å². The molecule has 0 unspecified atom stereocenters. The smallest absolute Gasteiger partial charge is 0.298 e. The molecule has 0 bridgehead atoms. The Morgan fingerprint density at radius 1 is 0.681 bits per heavy atom. The SMILES string of the molecule is Cc1sc2cc(C=O)ccc2c1C1=C(c2c(C)sc3cc(-c4ccc5ccc6cccnc6c5n4)ccc23)C(F)(F)C(F)(F)C1(F)F. The number of aromatic nitrogens is 2. The molecule has 234 valence electrons. The van der Waals surface area contributed by atoms with E-state index in [1.807, 2.05) is 36.4 Å². The molecular formula is C36H20F6N2OS2. The van der Waals surface area contributed by atoms with Crippen LogP contribution in [0, 0.1) is 13.8 Å². The molecular weight excluding hydrogens is 655 g/mol. The van der Waals surface area contributed by atoms with Crippen LogP contribution in [0.15, 0.2) is 79.0 Å². The van der Waals surface area contributed by atoms with Gasteiger partial charge in [-0.1, -0.05) is 48.5 Å². The number of carbonyl (C=O) groups excluding carboxylic acids is 1. The zero-order valence-corrected chi connectivity index (χ0v) is 26.1. The molecule has 0 fully saturated rings. The first-order valence-electron chi connectivity index (χ1n) is 14.4. The van der Waals surface area contributed by atoms with Crippen LogP contribution < -0.4 is 0 Å². The maximum Gasteiger partial charge on any atom is 0.380 e. The number of aldehydes is 1. The third kappa shape index (κ3) is 4.02. The van der Waals surface area contributed by atoms with Crippen molar-refractivity contribution in [3.63, 3.8) is 0 Å². The van der Waals surface area contributed by atoms with E-state index in [2.05, 4.69) is 4.98 Å². The Morgan fingerprint density at radius 3 is 1.89 bits per heavy atom. The Balaban J connectivity index is 1.37. The van der Waals surface area contributed by atoms with E-state index in [4.69, 9.17) is 4.98 Å². The number of nitrogens with zero attached hydrogens (tertiary/aromatic N) is 2. The van der Waals surface area contributed by atoms with E-state index in [9.17, 15) is 4.79 Å². The van der Waals surface area contributed by atoms with Gasteiger partial charge in [-0.2, -0.15) is 26.3 Å². The molecule has 0 amide bonds. The van der Waals surface area contributed by atoms with Crippen molar-refractivity contribution in [2.24, 2.45) is 0 Å². The fourth-order valence-electron chi connectivity index (χ4n) is 6.58. The van der Waals surface area contributed by atoms with Crippen molar-refractivity contribution in [2.75, 3.05) is 0 Å². The number of rotatable bonds is 4. The van der Waals surface area contributed by atoms with Crippen molar-refractivity contribution in [3.05, 3.63) is 105 Å². The minimum Gasteiger partial charge on any atom is -0.298 e. The quantitative estimate of drug-likeness (QED) is 0.106. The Hall–Kier alpha value is -4.61. The van der Waals surface area contributed by atoms with Crippen LogP contribution in [0.1, 0.15) is 31.2 Å². The van der Waals surface area contributed by atoms with Crippen LogP contribution in [0.3, 0.4) is 0 Å². The lowest BCUT2D eigenvalue weighted by atomic mass is 9.91. The third-order valence-corrected chi connectivity index (χ3v) is 10.9. The molecule has 3 aromatic carbocycles. The van der Waals surface area contributed by atoms with E-state index in [0.29, 0.717) is 38.0 Å². The van der Waals surface area contributed by atoms with E-state index in [0.717, 1.165) is 33.4 Å². The zero-order valence-electron chi connectivity index (χ0n) is 24.5. The van der Waals surface area contributed by atoms with Crippen molar-refractivity contribution in [3.8, 4) is 11.3 Å². The molecule has 1 aliphatic carbocycles. The van der Waals surface area contributed by atoms with E-state index in [1.165, 1.54) is 38.1 Å². The van der Waals surface area contributed by atoms with Gasteiger partial charge in [0.1, 0.15) is 6.29 Å². The van der Waals surface area contributed by atoms with Gasteiger partial charge in [-0.15, -0.1) is 22.7 Å². The van der Waals surface area contributed by atoms with E-state index in [-0.39, 0.29) is 37.2 Å². The molecule has 0 atom stereocenters. The predicted octanol–water partition coefficient (Wildman–Crippen LogP) is 11.1. The maximum absolute atomic E-state index is 15.9. The molecule has 0 saturated carbocycles. The van der Waals surface area contributed by atoms with Crippen LogP contribution in [-0.2, 0) is 0 Å². The lowest BCUT2D eigenvalue weighted by molar-refractivity contribution is -0.254. The lowest BCUT2D eigenvalue weighted by Gasteiger charge is -2.26. The van der Waals surface area contributed by atoms with Gasteiger partial charge in [0.05, 0.1) is 16.7 Å². The molecule has 3 nitrogen and oxygen atoms in total. The number of allylic oxidation sites excluding steroid dienone is 2. The number of alkyl halides is 6. The number of aryl methyl sites for hydroxylation is 2. The number of pyridine rings is 2. The van der Waals surface area contributed by atoms with Crippen molar-refractivity contribution in [2.45, 2.75) is 31.6 Å². The van der Waals surface area contributed by atoms with Crippen molar-refractivity contribution in [1.82, 2.24) is 9.97 Å². The fourth-order valence-corrected chi connectivity index (χ4v) is 8.81. The van der Waals surface area contributed by atoms with Gasteiger partial charge in [-0.05, 0) is 38.1 Å². The summed E-state index contributed by atoms with van der Waals surface area (Å²) in [6.45, 7) is 2.89. The molecule has 8 rings (SSSR count). The molecule has 1 aliphatic rings. The second-order valence-corrected chi connectivity index (χ2v) is 14.0. The minimum atomic E-state index is -5.69. The molecule has 0 N–H and O–H groups in total. The normalized spacial score (nSPS) is 17.0. The van der Waals surface area contributed by atoms with E-state index < -0.39 is 28.9 Å². The molecule has 0 spiro atoms. The highest BCUT2D eigenvalue weighted by atomic mass is 32.1. The van der Waals surface area contributed by atoms with Gasteiger partial charge < -0.3 is 0 Å². The highest BCUT2D eigenvalue weighted by Crippen LogP contribution is 2.67. The minimum absolute atomic E-state index is 0.0997. The zero-order chi connectivity index (χ0) is 33.0. The second-order valence-electron chi connectivity index (χ2n) is 11.5. The number of hydrogen-bond donors (Lipinski definition) is 0. The number of benzene rings is 3. The van der Waals surface area contributed by atoms with Gasteiger partial charge in [0, 0.05) is 80.3 Å². The molecule has 0 aliphatic heterocycles. The monoisotopic (exact) mass is 674 g/mol. The number of fused-ring (bicyclic) bond motifs is 5. The average Bonchev–Trinajstić information content (AvgIpc) is 3.58. The molecule has 4 heterocycles. The Morgan fingerprint density at radius 2 is 1.26 bits per heavy atom.